The summed E-state index contributed by atoms with van der Waals surface area (Å²) in [4.78, 5) is 0.239. The van der Waals surface area contributed by atoms with E-state index in [0.717, 1.165) is 11.1 Å². The van der Waals surface area contributed by atoms with E-state index in [1.54, 1.807) is 55.6 Å². The summed E-state index contributed by atoms with van der Waals surface area (Å²) < 4.78 is 33.8. The molecule has 1 atom stereocenters. The van der Waals surface area contributed by atoms with Crippen molar-refractivity contribution in [3.05, 3.63) is 88.9 Å². The van der Waals surface area contributed by atoms with E-state index in [4.69, 9.17) is 16.3 Å². The fourth-order valence-corrected chi connectivity index (χ4v) is 4.79. The van der Waals surface area contributed by atoms with Crippen LogP contribution in [0.4, 0.5) is 5.69 Å². The zero-order chi connectivity index (χ0) is 20.3. The van der Waals surface area contributed by atoms with Gasteiger partial charge >= 0.3 is 0 Å². The van der Waals surface area contributed by atoms with Crippen molar-refractivity contribution in [3.8, 4) is 5.75 Å². The van der Waals surface area contributed by atoms with Crippen molar-refractivity contribution in [2.24, 2.45) is 0 Å². The van der Waals surface area contributed by atoms with Gasteiger partial charge in [-0.05, 0) is 67.9 Å². The molecule has 146 valence electrons. The van der Waals surface area contributed by atoms with Crippen LogP contribution in [-0.4, -0.2) is 15.5 Å². The third kappa shape index (κ3) is 4.16. The third-order valence-electron chi connectivity index (χ3n) is 4.59. The van der Waals surface area contributed by atoms with Crippen molar-refractivity contribution in [2.45, 2.75) is 24.8 Å². The van der Waals surface area contributed by atoms with Gasteiger partial charge in [-0.15, -0.1) is 0 Å². The first kappa shape index (κ1) is 20.2. The highest BCUT2D eigenvalue weighted by atomic mass is 35.5. The predicted molar refractivity (Wildman–Crippen MR) is 114 cm³/mol. The van der Waals surface area contributed by atoms with Crippen LogP contribution in [0.5, 0.6) is 5.75 Å². The highest BCUT2D eigenvalue weighted by molar-refractivity contribution is 7.92. The Balaban J connectivity index is 2.14. The minimum atomic E-state index is -3.80. The van der Waals surface area contributed by atoms with Crippen LogP contribution >= 0.6 is 11.6 Å². The van der Waals surface area contributed by atoms with E-state index in [0.29, 0.717) is 16.5 Å². The molecular weight excluding hydrogens is 394 g/mol. The lowest BCUT2D eigenvalue weighted by molar-refractivity contribution is 0.414. The molecule has 0 fully saturated rings. The zero-order valence-corrected chi connectivity index (χ0v) is 17.5. The molecule has 0 aliphatic rings. The van der Waals surface area contributed by atoms with Crippen LogP contribution in [0.2, 0.25) is 5.02 Å². The molecule has 0 aliphatic carbocycles. The molecule has 28 heavy (non-hydrogen) atoms. The van der Waals surface area contributed by atoms with Gasteiger partial charge < -0.3 is 4.74 Å². The molecule has 0 saturated carbocycles. The van der Waals surface area contributed by atoms with Gasteiger partial charge in [0, 0.05) is 5.02 Å². The summed E-state index contributed by atoms with van der Waals surface area (Å²) in [7, 11) is -2.21. The normalized spacial score (nSPS) is 12.4. The maximum atomic E-state index is 13.6. The van der Waals surface area contributed by atoms with Crippen LogP contribution in [0.15, 0.2) is 77.7 Å². The standard InChI is InChI=1S/C22H22ClNO3S/c1-16-7-13-22(14-8-16)28(25,26)24(20-11-9-19(23)10-12-20)17(2)18-5-4-6-21(15-18)27-3/h4-15,17H,1-3H3/t17-/m0/s1. The van der Waals surface area contributed by atoms with Gasteiger partial charge in [0.25, 0.3) is 10.0 Å². The van der Waals surface area contributed by atoms with Crippen molar-refractivity contribution in [3.63, 3.8) is 0 Å². The van der Waals surface area contributed by atoms with Crippen LogP contribution in [-0.2, 0) is 10.0 Å². The molecule has 0 aliphatic heterocycles. The van der Waals surface area contributed by atoms with Gasteiger partial charge in [-0.25, -0.2) is 8.42 Å². The molecular formula is C22H22ClNO3S. The molecule has 6 heteroatoms. The number of anilines is 1. The van der Waals surface area contributed by atoms with E-state index in [9.17, 15) is 8.42 Å². The number of aryl methyl sites for hydroxylation is 1. The van der Waals surface area contributed by atoms with Gasteiger partial charge in [-0.2, -0.15) is 0 Å². The van der Waals surface area contributed by atoms with Gasteiger partial charge in [0.1, 0.15) is 5.75 Å². The summed E-state index contributed by atoms with van der Waals surface area (Å²) in [6.45, 7) is 3.78. The quantitative estimate of drug-likeness (QED) is 0.525. The number of ether oxygens (including phenoxy) is 1. The topological polar surface area (TPSA) is 46.6 Å². The number of rotatable bonds is 6. The summed E-state index contributed by atoms with van der Waals surface area (Å²) in [5.74, 6) is 0.674. The Morgan fingerprint density at radius 2 is 1.61 bits per heavy atom. The monoisotopic (exact) mass is 415 g/mol. The third-order valence-corrected chi connectivity index (χ3v) is 6.75. The Morgan fingerprint density at radius 1 is 0.964 bits per heavy atom. The fourth-order valence-electron chi connectivity index (χ4n) is 3.02. The first-order valence-corrected chi connectivity index (χ1v) is 10.7. The zero-order valence-electron chi connectivity index (χ0n) is 16.0. The summed E-state index contributed by atoms with van der Waals surface area (Å²) in [5, 5.41) is 0.547. The lowest BCUT2D eigenvalue weighted by Crippen LogP contribution is -2.33. The summed E-state index contributed by atoms with van der Waals surface area (Å²) in [6, 6.07) is 20.6. The minimum absolute atomic E-state index is 0.239. The van der Waals surface area contributed by atoms with Crippen LogP contribution < -0.4 is 9.04 Å². The largest absolute Gasteiger partial charge is 0.497 e. The second kappa shape index (κ2) is 8.25. The van der Waals surface area contributed by atoms with E-state index in [1.165, 1.54) is 4.31 Å². The summed E-state index contributed by atoms with van der Waals surface area (Å²) >= 11 is 6.02. The highest BCUT2D eigenvalue weighted by Crippen LogP contribution is 2.34. The molecule has 0 bridgehead atoms. The second-order valence-corrected chi connectivity index (χ2v) is 8.79. The SMILES string of the molecule is COc1cccc([C@H](C)N(c2ccc(Cl)cc2)S(=O)(=O)c2ccc(C)cc2)c1. The molecule has 0 unspecified atom stereocenters. The Hall–Kier alpha value is -2.50. The first-order chi connectivity index (χ1) is 13.3. The number of halogens is 1. The first-order valence-electron chi connectivity index (χ1n) is 8.83. The van der Waals surface area contributed by atoms with Crippen LogP contribution in [0.25, 0.3) is 0 Å². The molecule has 0 spiro atoms. The molecule has 0 aromatic heterocycles. The molecule has 0 heterocycles. The van der Waals surface area contributed by atoms with Crippen molar-refractivity contribution >= 4 is 27.3 Å². The van der Waals surface area contributed by atoms with E-state index >= 15 is 0 Å². The summed E-state index contributed by atoms with van der Waals surface area (Å²) in [5.41, 5.74) is 2.36. The number of sulfonamides is 1. The van der Waals surface area contributed by atoms with Gasteiger partial charge in [-0.1, -0.05) is 41.4 Å². The Kier molecular flexibility index (Phi) is 5.96. The van der Waals surface area contributed by atoms with Gasteiger partial charge in [0.15, 0.2) is 0 Å². The molecule has 3 aromatic carbocycles. The highest BCUT2D eigenvalue weighted by Gasteiger charge is 2.30. The molecule has 0 amide bonds. The lowest BCUT2D eigenvalue weighted by atomic mass is 10.1. The minimum Gasteiger partial charge on any atom is -0.497 e. The van der Waals surface area contributed by atoms with Gasteiger partial charge in [-0.3, -0.25) is 4.31 Å². The van der Waals surface area contributed by atoms with Crippen molar-refractivity contribution in [2.75, 3.05) is 11.4 Å². The number of methoxy groups -OCH3 is 1. The van der Waals surface area contributed by atoms with Crippen molar-refractivity contribution in [1.29, 1.82) is 0 Å². The predicted octanol–water partition coefficient (Wildman–Crippen LogP) is 5.61. The van der Waals surface area contributed by atoms with E-state index in [2.05, 4.69) is 0 Å². The van der Waals surface area contributed by atoms with E-state index < -0.39 is 16.1 Å². The molecule has 0 radical (unpaired) electrons. The molecule has 0 N–H and O–H groups in total. The molecule has 4 nitrogen and oxygen atoms in total. The van der Waals surface area contributed by atoms with Crippen LogP contribution in [0.3, 0.4) is 0 Å². The van der Waals surface area contributed by atoms with Gasteiger partial charge in [0.2, 0.25) is 0 Å². The van der Waals surface area contributed by atoms with E-state index in [1.807, 2.05) is 38.1 Å². The number of hydrogen-bond donors (Lipinski definition) is 0. The maximum Gasteiger partial charge on any atom is 0.264 e. The van der Waals surface area contributed by atoms with E-state index in [-0.39, 0.29) is 4.90 Å². The van der Waals surface area contributed by atoms with Crippen LogP contribution in [0, 0.1) is 6.92 Å². The average molecular weight is 416 g/mol. The van der Waals surface area contributed by atoms with Crippen LogP contribution in [0.1, 0.15) is 24.1 Å². The molecule has 0 saturated heterocycles. The number of hydrogen-bond acceptors (Lipinski definition) is 3. The summed E-state index contributed by atoms with van der Waals surface area (Å²) in [6.07, 6.45) is 0. The lowest BCUT2D eigenvalue weighted by Gasteiger charge is -2.31. The Labute approximate surface area is 171 Å². The second-order valence-electron chi connectivity index (χ2n) is 6.54. The number of benzene rings is 3. The molecule has 3 rings (SSSR count). The Bertz CT molecular complexity index is 1050. The van der Waals surface area contributed by atoms with Crippen molar-refractivity contribution < 1.29 is 13.2 Å². The fraction of sp³-hybridized carbons (Fsp3) is 0.182. The average Bonchev–Trinajstić information content (AvgIpc) is 2.70. The molecule has 3 aromatic rings. The van der Waals surface area contributed by atoms with Gasteiger partial charge in [0.05, 0.1) is 23.7 Å². The Morgan fingerprint density at radius 3 is 2.21 bits per heavy atom. The number of nitrogens with zero attached hydrogens (tertiary/aromatic N) is 1. The maximum absolute atomic E-state index is 13.6. The van der Waals surface area contributed by atoms with Crippen molar-refractivity contribution in [1.82, 2.24) is 0 Å². The smallest absolute Gasteiger partial charge is 0.264 e.